The van der Waals surface area contributed by atoms with Gasteiger partial charge in [-0.1, -0.05) is 12.7 Å². The van der Waals surface area contributed by atoms with Gasteiger partial charge in [-0.3, -0.25) is 0 Å². The molecule has 0 aromatic heterocycles. The highest BCUT2D eigenvalue weighted by molar-refractivity contribution is 8.19. The Labute approximate surface area is 58.2 Å². The maximum atomic E-state index is 4.04. The molecule has 9 heavy (non-hydrogen) atoms. The lowest BCUT2D eigenvalue weighted by Crippen LogP contribution is -1.99. The Hall–Kier alpha value is -0.300. The average molecular weight is 138 g/mol. The van der Waals surface area contributed by atoms with Gasteiger partial charge in [0.05, 0.1) is 0 Å². The van der Waals surface area contributed by atoms with Crippen molar-refractivity contribution in [2.45, 2.75) is 6.92 Å². The van der Waals surface area contributed by atoms with Crippen molar-refractivity contribution in [2.24, 2.45) is 5.92 Å². The Bertz CT molecular complexity index is 233. The van der Waals surface area contributed by atoms with E-state index < -0.39 is 0 Å². The molecule has 0 aromatic rings. The van der Waals surface area contributed by atoms with Crippen LogP contribution >= 0.6 is 10.5 Å². The Kier molecular flexibility index (Phi) is 0.974. The van der Waals surface area contributed by atoms with Gasteiger partial charge in [-0.25, -0.2) is 0 Å². The van der Waals surface area contributed by atoms with E-state index in [1.165, 1.54) is 11.3 Å². The first-order valence-electron chi connectivity index (χ1n) is 3.20. The van der Waals surface area contributed by atoms with Gasteiger partial charge in [0.15, 0.2) is 0 Å². The molecule has 2 atom stereocenters. The van der Waals surface area contributed by atoms with Crippen molar-refractivity contribution in [1.82, 2.24) is 0 Å². The zero-order chi connectivity index (χ0) is 6.43. The smallest absolute Gasteiger partial charge is 0.0117 e. The van der Waals surface area contributed by atoms with Gasteiger partial charge in [0.1, 0.15) is 0 Å². The third-order valence-corrected chi connectivity index (χ3v) is 4.38. The minimum Gasteiger partial charge on any atom is -0.158 e. The van der Waals surface area contributed by atoms with Gasteiger partial charge >= 0.3 is 0 Å². The van der Waals surface area contributed by atoms with Gasteiger partial charge in [0.25, 0.3) is 0 Å². The molecule has 48 valence electrons. The van der Waals surface area contributed by atoms with Crippen molar-refractivity contribution in [3.63, 3.8) is 0 Å². The van der Waals surface area contributed by atoms with Crippen LogP contribution in [0.2, 0.25) is 0 Å². The molecule has 0 saturated carbocycles. The molecule has 2 bridgehead atoms. The third kappa shape index (κ3) is 0.584. The summed E-state index contributed by atoms with van der Waals surface area (Å²) in [4.78, 5) is 1.54. The molecule has 2 heterocycles. The molecule has 0 spiro atoms. The fourth-order valence-corrected chi connectivity index (χ4v) is 3.50. The first-order valence-corrected chi connectivity index (χ1v) is 4.65. The van der Waals surface area contributed by atoms with Gasteiger partial charge in [-0.05, 0) is 22.8 Å². The lowest BCUT2D eigenvalue weighted by Gasteiger charge is -2.04. The quantitative estimate of drug-likeness (QED) is 0.355. The van der Waals surface area contributed by atoms with Crippen molar-refractivity contribution in [3.8, 4) is 0 Å². The fraction of sp³-hybridized carbons (Fsp3) is 0.375. The molecule has 2 aliphatic rings. The van der Waals surface area contributed by atoms with Gasteiger partial charge < -0.3 is 0 Å². The van der Waals surface area contributed by atoms with Crippen molar-refractivity contribution in [1.29, 1.82) is 0 Å². The van der Waals surface area contributed by atoms with E-state index in [1.807, 2.05) is 0 Å². The summed E-state index contributed by atoms with van der Waals surface area (Å²) < 4.78 is 0. The molecule has 2 rings (SSSR count). The molecule has 0 N–H and O–H groups in total. The van der Waals surface area contributed by atoms with Crippen LogP contribution in [0.1, 0.15) is 6.92 Å². The van der Waals surface area contributed by atoms with E-state index in [9.17, 15) is 0 Å². The number of fused-ring (bicyclic) bond motifs is 2. The van der Waals surface area contributed by atoms with Crippen molar-refractivity contribution >= 4 is 15.3 Å². The summed E-state index contributed by atoms with van der Waals surface area (Å²) in [6.07, 6.45) is 2.30. The predicted molar refractivity (Wildman–Crippen MR) is 44.9 cm³/mol. The minimum absolute atomic E-state index is 0.502. The van der Waals surface area contributed by atoms with Crippen LogP contribution < -0.4 is 0 Å². The Morgan fingerprint density at radius 2 is 2.56 bits per heavy atom. The second-order valence-electron chi connectivity index (χ2n) is 2.61. The Morgan fingerprint density at radius 3 is 2.89 bits per heavy atom. The molecule has 2 aliphatic heterocycles. The highest BCUT2D eigenvalue weighted by Gasteiger charge is 2.25. The minimum atomic E-state index is 0.502. The van der Waals surface area contributed by atoms with Crippen LogP contribution in [0, 0.1) is 5.92 Å². The fourth-order valence-electron chi connectivity index (χ4n) is 1.37. The van der Waals surface area contributed by atoms with Crippen LogP contribution in [0.4, 0.5) is 0 Å². The normalized spacial score (nSPS) is 38.8. The molecule has 0 saturated heterocycles. The van der Waals surface area contributed by atoms with E-state index >= 15 is 0 Å². The van der Waals surface area contributed by atoms with Gasteiger partial charge in [0, 0.05) is 11.7 Å². The molecular weight excluding hydrogens is 128 g/mol. The molecule has 0 fully saturated rings. The topological polar surface area (TPSA) is 0 Å². The molecule has 0 radical (unpaired) electrons. The molecule has 0 aliphatic carbocycles. The largest absolute Gasteiger partial charge is 0.158 e. The van der Waals surface area contributed by atoms with Crippen LogP contribution in [0.3, 0.4) is 0 Å². The second-order valence-corrected chi connectivity index (χ2v) is 4.69. The summed E-state index contributed by atoms with van der Waals surface area (Å²) in [5.74, 6) is 2.05. The zero-order valence-electron chi connectivity index (χ0n) is 5.55. The SMILES string of the molecule is C=C1C(C)=S2C=C[C@H]1C2. The summed E-state index contributed by atoms with van der Waals surface area (Å²) in [7, 11) is 0.502. The van der Waals surface area contributed by atoms with Crippen molar-refractivity contribution < 1.29 is 0 Å². The maximum absolute atomic E-state index is 4.04. The van der Waals surface area contributed by atoms with E-state index in [2.05, 4.69) is 25.0 Å². The number of rotatable bonds is 0. The molecule has 0 amide bonds. The van der Waals surface area contributed by atoms with Gasteiger partial charge in [0.2, 0.25) is 0 Å². The van der Waals surface area contributed by atoms with E-state index in [-0.39, 0.29) is 0 Å². The van der Waals surface area contributed by atoms with Gasteiger partial charge in [-0.15, -0.1) is 0 Å². The highest BCUT2D eigenvalue weighted by atomic mass is 32.2. The van der Waals surface area contributed by atoms with E-state index in [4.69, 9.17) is 0 Å². The molecule has 1 unspecified atom stereocenters. The van der Waals surface area contributed by atoms with Crippen molar-refractivity contribution in [3.05, 3.63) is 23.6 Å². The van der Waals surface area contributed by atoms with Crippen LogP contribution in [0.15, 0.2) is 23.6 Å². The first kappa shape index (κ1) is 5.48. The van der Waals surface area contributed by atoms with Crippen LogP contribution in [-0.2, 0) is 0 Å². The lowest BCUT2D eigenvalue weighted by atomic mass is 10.0. The van der Waals surface area contributed by atoms with E-state index in [0.29, 0.717) is 16.4 Å². The highest BCUT2D eigenvalue weighted by Crippen LogP contribution is 2.41. The van der Waals surface area contributed by atoms with Crippen molar-refractivity contribution in [2.75, 3.05) is 5.75 Å². The van der Waals surface area contributed by atoms with Crippen LogP contribution in [-0.4, -0.2) is 10.6 Å². The summed E-state index contributed by atoms with van der Waals surface area (Å²) >= 11 is 0. The summed E-state index contributed by atoms with van der Waals surface area (Å²) in [5.41, 5.74) is 1.39. The monoisotopic (exact) mass is 138 g/mol. The maximum Gasteiger partial charge on any atom is 0.0117 e. The standard InChI is InChI=1S/C8H10S/c1-6-7(2)9-4-3-8(6)5-9/h3-4,8H,1,5H2,2H3/t8-,9?/m0/s1. The Morgan fingerprint density at radius 1 is 1.78 bits per heavy atom. The van der Waals surface area contributed by atoms with Gasteiger partial charge in [-0.2, -0.15) is 10.5 Å². The van der Waals surface area contributed by atoms with Crippen LogP contribution in [0.5, 0.6) is 0 Å². The average Bonchev–Trinajstić information content (AvgIpc) is 2.37. The number of allylic oxidation sites excluding steroid dienone is 2. The number of hydrogen-bond donors (Lipinski definition) is 0. The Balaban J connectivity index is 2.56. The third-order valence-electron chi connectivity index (χ3n) is 2.13. The predicted octanol–water partition coefficient (Wildman–Crippen LogP) is 2.16. The summed E-state index contributed by atoms with van der Waals surface area (Å²) in [6.45, 7) is 6.25. The second kappa shape index (κ2) is 1.60. The first-order chi connectivity index (χ1) is 4.29. The molecular formula is C8H10S. The molecule has 0 aromatic carbocycles. The summed E-state index contributed by atoms with van der Waals surface area (Å²) in [5, 5.41) is 2.34. The van der Waals surface area contributed by atoms with E-state index in [0.717, 1.165) is 0 Å². The molecule has 0 nitrogen and oxygen atoms in total. The zero-order valence-corrected chi connectivity index (χ0v) is 6.37. The van der Waals surface area contributed by atoms with Crippen LogP contribution in [0.25, 0.3) is 0 Å². The molecule has 1 heteroatoms. The number of hydrogen-bond acceptors (Lipinski definition) is 0. The van der Waals surface area contributed by atoms with E-state index in [1.54, 1.807) is 4.86 Å². The summed E-state index contributed by atoms with van der Waals surface area (Å²) in [6, 6.07) is 0. The lowest BCUT2D eigenvalue weighted by molar-refractivity contribution is 0.953.